The molecule has 1 amide bonds. The van der Waals surface area contributed by atoms with Gasteiger partial charge in [0.25, 0.3) is 0 Å². The van der Waals surface area contributed by atoms with Crippen molar-refractivity contribution < 1.29 is 14.4 Å². The molecule has 142 valence electrons. The fraction of sp³-hybridized carbons (Fsp3) is 0.238. The molecule has 0 aromatic heterocycles. The van der Waals surface area contributed by atoms with Crippen molar-refractivity contribution in [3.05, 3.63) is 71.3 Å². The Morgan fingerprint density at radius 1 is 1.11 bits per heavy atom. The van der Waals surface area contributed by atoms with Gasteiger partial charge in [-0.1, -0.05) is 48.5 Å². The van der Waals surface area contributed by atoms with E-state index in [-0.39, 0.29) is 12.5 Å². The van der Waals surface area contributed by atoms with Crippen molar-refractivity contribution >= 4 is 34.7 Å². The quantitative estimate of drug-likeness (QED) is 0.720. The predicted molar refractivity (Wildman–Crippen MR) is 108 cm³/mol. The summed E-state index contributed by atoms with van der Waals surface area (Å²) in [6.45, 7) is 9.13. The molecule has 27 heavy (non-hydrogen) atoms. The number of carbonyl (C=O) groups is 2. The summed E-state index contributed by atoms with van der Waals surface area (Å²) in [5.74, 6) is -0.805. The van der Waals surface area contributed by atoms with Gasteiger partial charge in [0.05, 0.1) is 5.41 Å². The van der Waals surface area contributed by atoms with Gasteiger partial charge in [0.15, 0.2) is 0 Å². The van der Waals surface area contributed by atoms with Gasteiger partial charge in [-0.2, -0.15) is 0 Å². The second kappa shape index (κ2) is 8.84. The van der Waals surface area contributed by atoms with E-state index in [9.17, 15) is 9.59 Å². The number of anilines is 1. The normalized spacial score (nSPS) is 11.0. The summed E-state index contributed by atoms with van der Waals surface area (Å²) < 4.78 is 0. The van der Waals surface area contributed by atoms with Crippen LogP contribution in [-0.4, -0.2) is 18.4 Å². The summed E-state index contributed by atoms with van der Waals surface area (Å²) in [6.07, 6.45) is 0. The molecule has 0 heterocycles. The standard InChI is InChI=1S/C21H23ClN2O3/c1-14(15-8-6-5-7-9-15)17-12-16(22)10-11-18(17)24-19(25)13-23-27-20(26)21(2,3)4/h5-12,23H,1,13H2,2-4H3,(H,24,25). The molecule has 2 aromatic rings. The minimum Gasteiger partial charge on any atom is -0.370 e. The molecule has 0 saturated heterocycles. The number of nitrogens with one attached hydrogen (secondary N) is 2. The average Bonchev–Trinajstić information content (AvgIpc) is 2.62. The number of hydroxylamine groups is 1. The van der Waals surface area contributed by atoms with Crippen molar-refractivity contribution in [1.29, 1.82) is 0 Å². The largest absolute Gasteiger partial charge is 0.370 e. The third-order valence-electron chi connectivity index (χ3n) is 3.71. The molecule has 2 rings (SSSR count). The van der Waals surface area contributed by atoms with Gasteiger partial charge in [-0.25, -0.2) is 4.79 Å². The van der Waals surface area contributed by atoms with Crippen LogP contribution in [0, 0.1) is 5.41 Å². The minimum absolute atomic E-state index is 0.179. The zero-order chi connectivity index (χ0) is 20.0. The first-order valence-electron chi connectivity index (χ1n) is 8.46. The van der Waals surface area contributed by atoms with Crippen molar-refractivity contribution in [3.8, 4) is 0 Å². The molecule has 0 unspecified atom stereocenters. The molecule has 5 nitrogen and oxygen atoms in total. The van der Waals surface area contributed by atoms with Crippen LogP contribution in [0.5, 0.6) is 0 Å². The third-order valence-corrected chi connectivity index (χ3v) is 3.95. The Labute approximate surface area is 164 Å². The molecule has 2 N–H and O–H groups in total. The second-order valence-corrected chi connectivity index (χ2v) is 7.48. The summed E-state index contributed by atoms with van der Waals surface area (Å²) in [6, 6.07) is 14.8. The maximum atomic E-state index is 12.2. The van der Waals surface area contributed by atoms with Crippen LogP contribution in [-0.2, 0) is 14.4 Å². The van der Waals surface area contributed by atoms with Gasteiger partial charge in [0.2, 0.25) is 5.91 Å². The lowest BCUT2D eigenvalue weighted by molar-refractivity contribution is -0.161. The average molecular weight is 387 g/mol. The number of hydrogen-bond acceptors (Lipinski definition) is 4. The van der Waals surface area contributed by atoms with Crippen LogP contribution in [0.4, 0.5) is 5.69 Å². The second-order valence-electron chi connectivity index (χ2n) is 7.04. The number of rotatable bonds is 6. The van der Waals surface area contributed by atoms with E-state index >= 15 is 0 Å². The minimum atomic E-state index is -0.653. The molecule has 6 heteroatoms. The summed E-state index contributed by atoms with van der Waals surface area (Å²) >= 11 is 6.12. The highest BCUT2D eigenvalue weighted by Gasteiger charge is 2.23. The van der Waals surface area contributed by atoms with Crippen LogP contribution < -0.4 is 10.8 Å². The van der Waals surface area contributed by atoms with Crippen molar-refractivity contribution in [3.63, 3.8) is 0 Å². The fourth-order valence-electron chi connectivity index (χ4n) is 2.18. The summed E-state index contributed by atoms with van der Waals surface area (Å²) in [5, 5.41) is 3.33. The predicted octanol–water partition coefficient (Wildman–Crippen LogP) is 4.43. The number of carbonyl (C=O) groups excluding carboxylic acids is 2. The van der Waals surface area contributed by atoms with Crippen molar-refractivity contribution in [2.24, 2.45) is 5.41 Å². The Kier molecular flexibility index (Phi) is 6.77. The van der Waals surface area contributed by atoms with E-state index in [1.807, 2.05) is 30.3 Å². The van der Waals surface area contributed by atoms with Gasteiger partial charge in [0.1, 0.15) is 6.54 Å². The molecular formula is C21H23ClN2O3. The molecule has 0 atom stereocenters. The van der Waals surface area contributed by atoms with Crippen LogP contribution in [0.3, 0.4) is 0 Å². The number of halogens is 1. The van der Waals surface area contributed by atoms with Gasteiger partial charge in [-0.15, -0.1) is 5.48 Å². The van der Waals surface area contributed by atoms with Crippen LogP contribution in [0.2, 0.25) is 5.02 Å². The van der Waals surface area contributed by atoms with Crippen molar-refractivity contribution in [2.75, 3.05) is 11.9 Å². The molecular weight excluding hydrogens is 364 g/mol. The van der Waals surface area contributed by atoms with E-state index in [0.717, 1.165) is 11.1 Å². The number of benzene rings is 2. The van der Waals surface area contributed by atoms with Crippen LogP contribution in [0.1, 0.15) is 31.9 Å². The zero-order valence-electron chi connectivity index (χ0n) is 15.6. The van der Waals surface area contributed by atoms with Gasteiger partial charge in [-0.05, 0) is 50.1 Å². The molecule has 0 aliphatic rings. The molecule has 0 saturated carbocycles. The van der Waals surface area contributed by atoms with Gasteiger partial charge >= 0.3 is 5.97 Å². The van der Waals surface area contributed by atoms with E-state index in [0.29, 0.717) is 16.3 Å². The first-order chi connectivity index (χ1) is 12.7. The number of amides is 1. The van der Waals surface area contributed by atoms with Crippen LogP contribution >= 0.6 is 11.6 Å². The molecule has 0 fully saturated rings. The van der Waals surface area contributed by atoms with E-state index in [1.54, 1.807) is 39.0 Å². The Balaban J connectivity index is 2.07. The Hall–Kier alpha value is -2.63. The highest BCUT2D eigenvalue weighted by Crippen LogP contribution is 2.30. The number of hydrogen-bond donors (Lipinski definition) is 2. The first kappa shape index (κ1) is 20.7. The fourth-order valence-corrected chi connectivity index (χ4v) is 2.36. The molecule has 0 spiro atoms. The van der Waals surface area contributed by atoms with Gasteiger partial charge in [0, 0.05) is 16.3 Å². The smallest absolute Gasteiger partial charge is 0.329 e. The highest BCUT2D eigenvalue weighted by molar-refractivity contribution is 6.31. The monoisotopic (exact) mass is 386 g/mol. The van der Waals surface area contributed by atoms with Crippen molar-refractivity contribution in [2.45, 2.75) is 20.8 Å². The maximum Gasteiger partial charge on any atom is 0.329 e. The SMILES string of the molecule is C=C(c1ccccc1)c1cc(Cl)ccc1NC(=O)CNOC(=O)C(C)(C)C. The Bertz CT molecular complexity index is 842. The Morgan fingerprint density at radius 3 is 2.41 bits per heavy atom. The lowest BCUT2D eigenvalue weighted by Crippen LogP contribution is -2.34. The summed E-state index contributed by atoms with van der Waals surface area (Å²) in [5.41, 5.74) is 4.69. The van der Waals surface area contributed by atoms with Gasteiger partial charge in [-0.3, -0.25) is 4.79 Å². The zero-order valence-corrected chi connectivity index (χ0v) is 16.4. The van der Waals surface area contributed by atoms with E-state index in [1.165, 1.54) is 0 Å². The molecule has 2 aromatic carbocycles. The molecule has 0 aliphatic heterocycles. The Morgan fingerprint density at radius 2 is 1.78 bits per heavy atom. The van der Waals surface area contributed by atoms with Crippen LogP contribution in [0.15, 0.2) is 55.1 Å². The maximum absolute atomic E-state index is 12.2. The lowest BCUT2D eigenvalue weighted by atomic mass is 9.98. The van der Waals surface area contributed by atoms with Gasteiger partial charge < -0.3 is 10.2 Å². The lowest BCUT2D eigenvalue weighted by Gasteiger charge is -2.17. The highest BCUT2D eigenvalue weighted by atomic mass is 35.5. The summed E-state index contributed by atoms with van der Waals surface area (Å²) in [7, 11) is 0. The van der Waals surface area contributed by atoms with E-state index in [2.05, 4.69) is 17.4 Å². The third kappa shape index (κ3) is 5.94. The molecule has 0 aliphatic carbocycles. The van der Waals surface area contributed by atoms with Crippen molar-refractivity contribution in [1.82, 2.24) is 5.48 Å². The topological polar surface area (TPSA) is 67.4 Å². The van der Waals surface area contributed by atoms with E-state index in [4.69, 9.17) is 16.4 Å². The van der Waals surface area contributed by atoms with Crippen LogP contribution in [0.25, 0.3) is 5.57 Å². The molecule has 0 bridgehead atoms. The van der Waals surface area contributed by atoms with E-state index < -0.39 is 11.4 Å². The molecule has 0 radical (unpaired) electrons. The summed E-state index contributed by atoms with van der Waals surface area (Å²) in [4.78, 5) is 28.8. The first-order valence-corrected chi connectivity index (χ1v) is 8.84.